The number of Topliss-reactive ketones (excluding diaryl/α,β-unsaturated/α-hetero) is 1. The van der Waals surface area contributed by atoms with Crippen LogP contribution >= 0.6 is 0 Å². The summed E-state index contributed by atoms with van der Waals surface area (Å²) in [5, 5.41) is 9.90. The Kier molecular flexibility index (Phi) is 6.12. The quantitative estimate of drug-likeness (QED) is 0.285. The fraction of sp³-hybridized carbons (Fsp3) is 0.706. The van der Waals surface area contributed by atoms with Crippen LogP contribution in [0, 0.1) is 61.6 Å². The van der Waals surface area contributed by atoms with Crippen molar-refractivity contribution in [1.29, 1.82) is 5.26 Å². The van der Waals surface area contributed by atoms with Crippen LogP contribution in [0.5, 0.6) is 0 Å². The van der Waals surface area contributed by atoms with Crippen molar-refractivity contribution in [3.63, 3.8) is 0 Å². The summed E-state index contributed by atoms with van der Waals surface area (Å²) >= 11 is 0. The molecule has 0 spiro atoms. The molecule has 0 heterocycles. The summed E-state index contributed by atoms with van der Waals surface area (Å²) in [7, 11) is 1.41. The van der Waals surface area contributed by atoms with Gasteiger partial charge in [-0.25, -0.2) is 4.79 Å². The Labute approximate surface area is 234 Å². The Balaban J connectivity index is 1.68. The van der Waals surface area contributed by atoms with Gasteiger partial charge >= 0.3 is 5.97 Å². The molecule has 0 aliphatic heterocycles. The van der Waals surface area contributed by atoms with Crippen molar-refractivity contribution in [2.75, 3.05) is 7.11 Å². The summed E-state index contributed by atoms with van der Waals surface area (Å²) in [4.78, 5) is 39.9. The number of carbonyl (C=O) groups is 3. The van der Waals surface area contributed by atoms with Gasteiger partial charge in [-0.2, -0.15) is 5.26 Å². The Morgan fingerprint density at radius 2 is 1.69 bits per heavy atom. The van der Waals surface area contributed by atoms with Crippen molar-refractivity contribution in [1.82, 2.24) is 0 Å². The topological polar surface area (TPSA) is 84.2 Å². The third-order valence-corrected chi connectivity index (χ3v) is 12.7. The molecule has 5 rings (SSSR count). The van der Waals surface area contributed by atoms with Crippen LogP contribution in [0.4, 0.5) is 0 Å². The lowest BCUT2D eigenvalue weighted by molar-refractivity contribution is -0.164. The third-order valence-electron chi connectivity index (χ3n) is 12.7. The summed E-state index contributed by atoms with van der Waals surface area (Å²) in [6.45, 7) is 15.4. The molecule has 0 radical (unpaired) electrons. The summed E-state index contributed by atoms with van der Waals surface area (Å²) in [5.74, 6) is -0.186. The molecule has 0 aromatic rings. The van der Waals surface area contributed by atoms with Gasteiger partial charge in [0.05, 0.1) is 12.7 Å². The number of carbonyl (C=O) groups excluding carboxylic acids is 3. The van der Waals surface area contributed by atoms with Crippen LogP contribution < -0.4 is 0 Å². The molecule has 0 aromatic heterocycles. The monoisotopic (exact) mass is 531 g/mol. The molecule has 0 bridgehead atoms. The molecule has 3 saturated carbocycles. The summed E-state index contributed by atoms with van der Waals surface area (Å²) < 4.78 is 4.94. The average molecular weight is 532 g/mol. The molecule has 210 valence electrons. The minimum absolute atomic E-state index is 0.0427. The molecule has 7 atom stereocenters. The molecule has 3 fully saturated rings. The fourth-order valence-corrected chi connectivity index (χ4v) is 10.3. The van der Waals surface area contributed by atoms with E-state index >= 15 is 0 Å². The van der Waals surface area contributed by atoms with Gasteiger partial charge in [0, 0.05) is 22.8 Å². The zero-order valence-corrected chi connectivity index (χ0v) is 25.1. The Morgan fingerprint density at radius 3 is 2.33 bits per heavy atom. The number of ether oxygens (including phenoxy) is 1. The fourth-order valence-electron chi connectivity index (χ4n) is 10.3. The van der Waals surface area contributed by atoms with Gasteiger partial charge in [-0.15, -0.1) is 0 Å². The van der Waals surface area contributed by atoms with Crippen molar-refractivity contribution in [2.24, 2.45) is 50.2 Å². The van der Waals surface area contributed by atoms with E-state index in [2.05, 4.69) is 46.8 Å². The van der Waals surface area contributed by atoms with Crippen LogP contribution in [0.2, 0.25) is 0 Å². The van der Waals surface area contributed by atoms with Gasteiger partial charge in [0.2, 0.25) is 0 Å². The van der Waals surface area contributed by atoms with E-state index in [9.17, 15) is 19.6 Å². The molecule has 0 amide bonds. The first-order chi connectivity index (χ1) is 18.0. The maximum Gasteiger partial charge on any atom is 0.330 e. The van der Waals surface area contributed by atoms with Gasteiger partial charge in [0.1, 0.15) is 6.07 Å². The minimum atomic E-state index is -0.661. The highest BCUT2D eigenvalue weighted by Crippen LogP contribution is 2.74. The molecule has 0 saturated heterocycles. The molecule has 2 unspecified atom stereocenters. The molecular weight excluding hydrogens is 486 g/mol. The molecule has 5 nitrogen and oxygen atoms in total. The molecule has 39 heavy (non-hydrogen) atoms. The number of nitriles is 1. The second-order valence-corrected chi connectivity index (χ2v) is 15.3. The first-order valence-corrected chi connectivity index (χ1v) is 14.7. The second-order valence-electron chi connectivity index (χ2n) is 15.3. The highest BCUT2D eigenvalue weighted by atomic mass is 16.5. The highest BCUT2D eigenvalue weighted by Gasteiger charge is 2.69. The zero-order chi connectivity index (χ0) is 28.8. The van der Waals surface area contributed by atoms with Gasteiger partial charge in [-0.05, 0) is 84.5 Å². The standard InChI is InChI=1S/C34H45NO4/c1-29(2)13-15-34(12-10-26(37)39-8)16-14-33(7)27(22(34)19-29)23(36)17-25-31(5)18-21(20-35)28(38)30(3,4)24(31)9-11-32(25,33)6/h10,12,17-18,22,24,27H,9,11,13-16,19H2,1-8H3/b12-10+/t22?,24-,27?,31-,32+,33+,34+/m0/s1. The Bertz CT molecular complexity index is 1280. The number of ketones is 2. The van der Waals surface area contributed by atoms with Gasteiger partial charge in [-0.1, -0.05) is 66.2 Å². The number of hydrogen-bond donors (Lipinski definition) is 0. The van der Waals surface area contributed by atoms with Crippen LogP contribution in [-0.2, 0) is 19.1 Å². The number of hydrogen-bond acceptors (Lipinski definition) is 5. The number of fused-ring (bicyclic) bond motifs is 7. The third kappa shape index (κ3) is 3.65. The highest BCUT2D eigenvalue weighted by molar-refractivity contribution is 6.04. The van der Waals surface area contributed by atoms with Crippen LogP contribution in [0.1, 0.15) is 93.4 Å². The van der Waals surface area contributed by atoms with Gasteiger partial charge < -0.3 is 4.74 Å². The average Bonchev–Trinajstić information content (AvgIpc) is 2.86. The molecule has 5 aliphatic rings. The maximum absolute atomic E-state index is 14.5. The summed E-state index contributed by atoms with van der Waals surface area (Å²) in [6, 6.07) is 2.19. The number of nitrogens with zero attached hydrogens (tertiary/aromatic N) is 1. The Morgan fingerprint density at radius 1 is 1.03 bits per heavy atom. The van der Waals surface area contributed by atoms with Crippen molar-refractivity contribution in [2.45, 2.75) is 93.4 Å². The van der Waals surface area contributed by atoms with E-state index in [4.69, 9.17) is 4.74 Å². The predicted molar refractivity (Wildman–Crippen MR) is 150 cm³/mol. The van der Waals surface area contributed by atoms with Gasteiger partial charge in [-0.3, -0.25) is 9.59 Å². The summed E-state index contributed by atoms with van der Waals surface area (Å²) in [6.07, 6.45) is 14.2. The number of esters is 1. The molecular formula is C34H45NO4. The number of rotatable bonds is 2. The van der Waals surface area contributed by atoms with Crippen molar-refractivity contribution < 1.29 is 19.1 Å². The molecule has 0 N–H and O–H groups in total. The normalized spacial score (nSPS) is 44.1. The largest absolute Gasteiger partial charge is 0.466 e. The SMILES string of the molecule is COC(=O)/C=C/[C@]12CCC(C)(C)CC1C1C(=O)C=C3[C@@]4(C)C=C(C#N)C(=O)C(C)(C)[C@@H]4CC[C@@]3(C)[C@]1(C)CC2. The van der Waals surface area contributed by atoms with E-state index in [0.717, 1.165) is 50.5 Å². The second kappa shape index (κ2) is 8.51. The van der Waals surface area contributed by atoms with E-state index < -0.39 is 10.8 Å². The van der Waals surface area contributed by atoms with E-state index in [1.807, 2.05) is 26.0 Å². The van der Waals surface area contributed by atoms with E-state index in [0.29, 0.717) is 0 Å². The number of methoxy groups -OCH3 is 1. The lowest BCUT2D eigenvalue weighted by atomic mass is 9.34. The predicted octanol–water partition coefficient (Wildman–Crippen LogP) is 6.94. The summed E-state index contributed by atoms with van der Waals surface area (Å²) in [5.41, 5.74) is -0.392. The van der Waals surface area contributed by atoms with Crippen LogP contribution in [0.25, 0.3) is 0 Å². The van der Waals surface area contributed by atoms with Crippen molar-refractivity contribution >= 4 is 17.5 Å². The lowest BCUT2D eigenvalue weighted by Gasteiger charge is -2.69. The first-order valence-electron chi connectivity index (χ1n) is 14.7. The van der Waals surface area contributed by atoms with E-state index in [1.165, 1.54) is 7.11 Å². The lowest BCUT2D eigenvalue weighted by Crippen LogP contribution is -2.64. The molecule has 5 aliphatic carbocycles. The van der Waals surface area contributed by atoms with E-state index in [1.54, 1.807) is 6.08 Å². The minimum Gasteiger partial charge on any atom is -0.466 e. The molecule has 5 heteroatoms. The maximum atomic E-state index is 14.5. The smallest absolute Gasteiger partial charge is 0.330 e. The number of allylic oxidation sites excluding steroid dienone is 5. The first kappa shape index (κ1) is 28.1. The van der Waals surface area contributed by atoms with Crippen LogP contribution in [-0.4, -0.2) is 24.6 Å². The zero-order valence-electron chi connectivity index (χ0n) is 25.1. The Hall–Kier alpha value is -2.48. The van der Waals surface area contributed by atoms with Gasteiger partial charge in [0.15, 0.2) is 11.6 Å². The van der Waals surface area contributed by atoms with Crippen LogP contribution in [0.3, 0.4) is 0 Å². The molecule has 0 aromatic carbocycles. The van der Waals surface area contributed by atoms with Crippen LogP contribution in [0.15, 0.2) is 35.5 Å². The van der Waals surface area contributed by atoms with Gasteiger partial charge in [0.25, 0.3) is 0 Å². The van der Waals surface area contributed by atoms with Crippen molar-refractivity contribution in [3.05, 3.63) is 35.5 Å². The van der Waals surface area contributed by atoms with Crippen molar-refractivity contribution in [3.8, 4) is 6.07 Å². The van der Waals surface area contributed by atoms with E-state index in [-0.39, 0.29) is 62.5 Å².